The van der Waals surface area contributed by atoms with Crippen molar-refractivity contribution in [3.8, 4) is 0 Å². The van der Waals surface area contributed by atoms with Gasteiger partial charge in [0.05, 0.1) is 6.26 Å². The van der Waals surface area contributed by atoms with Crippen LogP contribution in [-0.4, -0.2) is 5.91 Å². The zero-order valence-corrected chi connectivity index (χ0v) is 13.8. The first-order valence-corrected chi connectivity index (χ1v) is 8.20. The third-order valence-corrected chi connectivity index (χ3v) is 3.84. The minimum Gasteiger partial charge on any atom is -0.446 e. The van der Waals surface area contributed by atoms with Gasteiger partial charge in [0.15, 0.2) is 0 Å². The molecule has 0 atom stereocenters. The molecule has 0 aliphatic carbocycles. The molecule has 4 nitrogen and oxygen atoms in total. The number of carbonyl (C=O) groups is 1. The van der Waals surface area contributed by atoms with Gasteiger partial charge in [0.1, 0.15) is 5.56 Å². The van der Waals surface area contributed by atoms with Gasteiger partial charge in [-0.1, -0.05) is 38.8 Å². The predicted molar refractivity (Wildman–Crippen MR) is 91.6 cm³/mol. The van der Waals surface area contributed by atoms with E-state index in [0.29, 0.717) is 0 Å². The SMILES string of the molecule is CCCCCc1coc(=N)c(C(=O)Nc2ccc(CC)cc2)c1. The normalized spacial score (nSPS) is 10.5. The van der Waals surface area contributed by atoms with E-state index < -0.39 is 0 Å². The van der Waals surface area contributed by atoms with E-state index in [4.69, 9.17) is 9.83 Å². The molecule has 0 saturated carbocycles. The molecule has 2 rings (SSSR count). The first-order chi connectivity index (χ1) is 11.1. The maximum Gasteiger partial charge on any atom is 0.261 e. The summed E-state index contributed by atoms with van der Waals surface area (Å²) in [5.74, 6) is -0.305. The highest BCUT2D eigenvalue weighted by molar-refractivity contribution is 6.03. The lowest BCUT2D eigenvalue weighted by Crippen LogP contribution is -2.21. The molecule has 1 aromatic heterocycles. The van der Waals surface area contributed by atoms with Crippen molar-refractivity contribution in [3.05, 3.63) is 58.8 Å². The molecule has 0 radical (unpaired) electrons. The molecule has 4 heteroatoms. The maximum absolute atomic E-state index is 12.4. The standard InChI is InChI=1S/C19H24N2O2/c1-3-5-6-7-15-12-17(18(20)23-13-15)19(22)21-16-10-8-14(4-2)9-11-16/h8-13,20H,3-7H2,1-2H3,(H,21,22). The Balaban J connectivity index is 2.10. The lowest BCUT2D eigenvalue weighted by molar-refractivity contribution is 0.102. The van der Waals surface area contributed by atoms with Crippen LogP contribution in [0.2, 0.25) is 0 Å². The Hall–Kier alpha value is -2.36. The summed E-state index contributed by atoms with van der Waals surface area (Å²) in [5, 5.41) is 10.6. The van der Waals surface area contributed by atoms with Crippen molar-refractivity contribution in [2.45, 2.75) is 46.0 Å². The smallest absolute Gasteiger partial charge is 0.261 e. The van der Waals surface area contributed by atoms with E-state index in [1.165, 1.54) is 5.56 Å². The molecule has 1 amide bonds. The topological polar surface area (TPSA) is 66.1 Å². The van der Waals surface area contributed by atoms with E-state index in [-0.39, 0.29) is 17.0 Å². The van der Waals surface area contributed by atoms with Crippen molar-refractivity contribution in [2.24, 2.45) is 0 Å². The molecular weight excluding hydrogens is 288 g/mol. The van der Waals surface area contributed by atoms with Crippen LogP contribution in [0.15, 0.2) is 41.0 Å². The number of rotatable bonds is 7. The average molecular weight is 312 g/mol. The number of hydrogen-bond donors (Lipinski definition) is 2. The third kappa shape index (κ3) is 4.81. The van der Waals surface area contributed by atoms with E-state index in [2.05, 4.69) is 19.2 Å². The summed E-state index contributed by atoms with van der Waals surface area (Å²) < 4.78 is 5.22. The van der Waals surface area contributed by atoms with Crippen molar-refractivity contribution in [1.29, 1.82) is 5.41 Å². The van der Waals surface area contributed by atoms with Crippen LogP contribution < -0.4 is 10.9 Å². The number of amides is 1. The molecule has 1 heterocycles. The summed E-state index contributed by atoms with van der Waals surface area (Å²) in [6.07, 6.45) is 6.75. The van der Waals surface area contributed by atoms with E-state index in [0.717, 1.165) is 43.4 Å². The molecule has 0 spiro atoms. The minimum absolute atomic E-state index is 0.105. The molecule has 0 aliphatic rings. The highest BCUT2D eigenvalue weighted by Crippen LogP contribution is 2.12. The first kappa shape index (κ1) is 17.0. The second kappa shape index (κ2) is 8.32. The fraction of sp³-hybridized carbons (Fsp3) is 0.368. The molecule has 1 aromatic carbocycles. The molecule has 122 valence electrons. The van der Waals surface area contributed by atoms with Gasteiger partial charge < -0.3 is 9.73 Å². The fourth-order valence-electron chi connectivity index (χ4n) is 2.38. The Bertz CT molecular complexity index is 702. The highest BCUT2D eigenvalue weighted by atomic mass is 16.3. The second-order valence-electron chi connectivity index (χ2n) is 5.66. The zero-order valence-electron chi connectivity index (χ0n) is 13.8. The van der Waals surface area contributed by atoms with Crippen LogP contribution in [0.4, 0.5) is 5.69 Å². The number of nitrogens with one attached hydrogen (secondary N) is 2. The lowest BCUT2D eigenvalue weighted by Gasteiger charge is -2.07. The quantitative estimate of drug-likeness (QED) is 0.748. The molecule has 0 bridgehead atoms. The summed E-state index contributed by atoms with van der Waals surface area (Å²) in [7, 11) is 0. The van der Waals surface area contributed by atoms with E-state index in [1.54, 1.807) is 12.3 Å². The number of benzene rings is 1. The van der Waals surface area contributed by atoms with Gasteiger partial charge in [0.25, 0.3) is 5.91 Å². The summed E-state index contributed by atoms with van der Waals surface area (Å²) in [6, 6.07) is 9.49. The van der Waals surface area contributed by atoms with Gasteiger partial charge in [-0.05, 0) is 48.6 Å². The van der Waals surface area contributed by atoms with Crippen LogP contribution in [0.3, 0.4) is 0 Å². The van der Waals surface area contributed by atoms with Crippen LogP contribution in [0.25, 0.3) is 0 Å². The van der Waals surface area contributed by atoms with Gasteiger partial charge in [0.2, 0.25) is 5.55 Å². The Morgan fingerprint density at radius 1 is 1.13 bits per heavy atom. The van der Waals surface area contributed by atoms with Gasteiger partial charge in [-0.25, -0.2) is 0 Å². The van der Waals surface area contributed by atoms with Crippen molar-refractivity contribution in [2.75, 3.05) is 5.32 Å². The average Bonchev–Trinajstić information content (AvgIpc) is 2.57. The van der Waals surface area contributed by atoms with Crippen molar-refractivity contribution >= 4 is 11.6 Å². The fourth-order valence-corrected chi connectivity index (χ4v) is 2.38. The van der Waals surface area contributed by atoms with Crippen molar-refractivity contribution in [1.82, 2.24) is 0 Å². The molecule has 0 saturated heterocycles. The predicted octanol–water partition coefficient (Wildman–Crippen LogP) is 4.31. The zero-order chi connectivity index (χ0) is 16.7. The van der Waals surface area contributed by atoms with Crippen LogP contribution in [-0.2, 0) is 12.8 Å². The van der Waals surface area contributed by atoms with E-state index in [9.17, 15) is 4.79 Å². The molecule has 0 unspecified atom stereocenters. The molecule has 0 aliphatic heterocycles. The van der Waals surface area contributed by atoms with Gasteiger partial charge in [0, 0.05) is 5.69 Å². The Labute approximate surface area is 137 Å². The number of unbranched alkanes of at least 4 members (excludes halogenated alkanes) is 2. The third-order valence-electron chi connectivity index (χ3n) is 3.84. The minimum atomic E-state index is -0.305. The van der Waals surface area contributed by atoms with Crippen LogP contribution in [0.5, 0.6) is 0 Å². The van der Waals surface area contributed by atoms with Crippen LogP contribution in [0, 0.1) is 5.41 Å². The monoisotopic (exact) mass is 312 g/mol. The Kier molecular flexibility index (Phi) is 6.15. The Morgan fingerprint density at radius 3 is 2.52 bits per heavy atom. The molecule has 23 heavy (non-hydrogen) atoms. The molecule has 2 aromatic rings. The molecular formula is C19H24N2O2. The summed E-state index contributed by atoms with van der Waals surface area (Å²) in [4.78, 5) is 12.4. The summed E-state index contributed by atoms with van der Waals surface area (Å²) in [5.41, 5.74) is 3.08. The first-order valence-electron chi connectivity index (χ1n) is 8.20. The Morgan fingerprint density at radius 2 is 1.87 bits per heavy atom. The van der Waals surface area contributed by atoms with E-state index in [1.807, 2.05) is 24.3 Å². The van der Waals surface area contributed by atoms with Gasteiger partial charge in [-0.15, -0.1) is 0 Å². The van der Waals surface area contributed by atoms with Crippen molar-refractivity contribution in [3.63, 3.8) is 0 Å². The lowest BCUT2D eigenvalue weighted by atomic mass is 10.1. The largest absolute Gasteiger partial charge is 0.446 e. The van der Waals surface area contributed by atoms with Gasteiger partial charge in [-0.3, -0.25) is 10.2 Å². The van der Waals surface area contributed by atoms with Gasteiger partial charge in [-0.2, -0.15) is 0 Å². The van der Waals surface area contributed by atoms with Crippen molar-refractivity contribution < 1.29 is 9.21 Å². The molecule has 2 N–H and O–H groups in total. The number of anilines is 1. The highest BCUT2D eigenvalue weighted by Gasteiger charge is 2.11. The second-order valence-corrected chi connectivity index (χ2v) is 5.66. The summed E-state index contributed by atoms with van der Waals surface area (Å²) >= 11 is 0. The molecule has 0 fully saturated rings. The summed E-state index contributed by atoms with van der Waals surface area (Å²) in [6.45, 7) is 4.24. The number of carbonyl (C=O) groups excluding carboxylic acids is 1. The van der Waals surface area contributed by atoms with Gasteiger partial charge >= 0.3 is 0 Å². The van der Waals surface area contributed by atoms with Crippen LogP contribution >= 0.6 is 0 Å². The number of hydrogen-bond acceptors (Lipinski definition) is 3. The van der Waals surface area contributed by atoms with E-state index >= 15 is 0 Å². The maximum atomic E-state index is 12.4. The van der Waals surface area contributed by atoms with Crippen LogP contribution in [0.1, 0.15) is 54.6 Å². The number of aryl methyl sites for hydroxylation is 2.